The molecule has 0 spiro atoms. The van der Waals surface area contributed by atoms with E-state index in [1.54, 1.807) is 6.08 Å². The average molecular weight is 410 g/mol. The maximum Gasteiger partial charge on any atom is 0.0642 e. The first-order chi connectivity index (χ1) is 14.6. The van der Waals surface area contributed by atoms with E-state index in [-0.39, 0.29) is 0 Å². The Balaban J connectivity index is 1.42. The molecule has 0 aromatic heterocycles. The van der Waals surface area contributed by atoms with E-state index in [1.165, 1.54) is 68.8 Å². The fraction of sp³-hybridized carbons (Fsp3) is 0.600. The molecule has 2 N–H and O–H groups in total. The lowest BCUT2D eigenvalue weighted by Gasteiger charge is -2.43. The van der Waals surface area contributed by atoms with Crippen molar-refractivity contribution in [1.29, 1.82) is 0 Å². The smallest absolute Gasteiger partial charge is 0.0642 e. The number of hydrogen-bond acceptors (Lipinski definition) is 5. The number of anilines is 3. The van der Waals surface area contributed by atoms with E-state index in [0.717, 1.165) is 43.0 Å². The van der Waals surface area contributed by atoms with E-state index < -0.39 is 0 Å². The highest BCUT2D eigenvalue weighted by Gasteiger charge is 2.34. The normalized spacial score (nSPS) is 21.5. The Hall–Kier alpha value is -1.98. The number of piperidine rings is 1. The van der Waals surface area contributed by atoms with E-state index in [4.69, 9.17) is 0 Å². The van der Waals surface area contributed by atoms with Gasteiger partial charge in [0, 0.05) is 69.8 Å². The Kier molecular flexibility index (Phi) is 6.69. The Morgan fingerprint density at radius 2 is 1.57 bits per heavy atom. The molecule has 0 unspecified atom stereocenters. The quantitative estimate of drug-likeness (QED) is 0.631. The highest BCUT2D eigenvalue weighted by Crippen LogP contribution is 2.36. The van der Waals surface area contributed by atoms with Gasteiger partial charge in [0.2, 0.25) is 0 Å². The van der Waals surface area contributed by atoms with Crippen LogP contribution < -0.4 is 15.5 Å². The van der Waals surface area contributed by atoms with Crippen LogP contribution in [-0.2, 0) is 6.42 Å². The molecule has 2 saturated heterocycles. The van der Waals surface area contributed by atoms with Gasteiger partial charge in [0.1, 0.15) is 0 Å². The van der Waals surface area contributed by atoms with Crippen molar-refractivity contribution in [2.24, 2.45) is 0 Å². The van der Waals surface area contributed by atoms with Gasteiger partial charge in [0.25, 0.3) is 0 Å². The number of allylic oxidation sites excluding steroid dienone is 1. The highest BCUT2D eigenvalue weighted by atomic mass is 15.3. The zero-order chi connectivity index (χ0) is 21.1. The molecule has 164 valence electrons. The van der Waals surface area contributed by atoms with Gasteiger partial charge in [-0.2, -0.15) is 0 Å². The molecule has 2 heterocycles. The van der Waals surface area contributed by atoms with Crippen molar-refractivity contribution < 1.29 is 0 Å². The molecular weight excluding hydrogens is 370 g/mol. The molecule has 4 rings (SSSR count). The molecule has 1 aromatic carbocycles. The zero-order valence-electron chi connectivity index (χ0n) is 18.9. The highest BCUT2D eigenvalue weighted by molar-refractivity contribution is 5.79. The summed E-state index contributed by atoms with van der Waals surface area (Å²) in [6, 6.07) is 6.24. The summed E-state index contributed by atoms with van der Waals surface area (Å²) in [6.45, 7) is 17.4. The number of nitrogens with zero attached hydrogens (tertiary/aromatic N) is 3. The van der Waals surface area contributed by atoms with Crippen LogP contribution in [0.5, 0.6) is 0 Å². The molecule has 1 saturated carbocycles. The lowest BCUT2D eigenvalue weighted by molar-refractivity contribution is 0.0809. The van der Waals surface area contributed by atoms with Gasteiger partial charge in [-0.3, -0.25) is 9.80 Å². The second kappa shape index (κ2) is 9.44. The Labute approximate surface area is 182 Å². The topological polar surface area (TPSA) is 33.8 Å². The molecule has 0 radical (unpaired) electrons. The Morgan fingerprint density at radius 3 is 2.07 bits per heavy atom. The van der Waals surface area contributed by atoms with E-state index in [9.17, 15) is 0 Å². The first-order valence-corrected chi connectivity index (χ1v) is 11.8. The van der Waals surface area contributed by atoms with Crippen molar-refractivity contribution in [2.45, 2.75) is 51.1 Å². The lowest BCUT2D eigenvalue weighted by atomic mass is 10.00. The minimum absolute atomic E-state index is 0.740. The van der Waals surface area contributed by atoms with E-state index in [2.05, 4.69) is 57.5 Å². The third kappa shape index (κ3) is 4.68. The molecule has 0 amide bonds. The summed E-state index contributed by atoms with van der Waals surface area (Å²) >= 11 is 0. The molecule has 5 nitrogen and oxygen atoms in total. The van der Waals surface area contributed by atoms with Crippen LogP contribution in [-0.4, -0.2) is 68.2 Å². The van der Waals surface area contributed by atoms with Crippen molar-refractivity contribution in [3.63, 3.8) is 0 Å². The van der Waals surface area contributed by atoms with Gasteiger partial charge in [-0.1, -0.05) is 20.1 Å². The average Bonchev–Trinajstić information content (AvgIpc) is 3.64. The summed E-state index contributed by atoms with van der Waals surface area (Å²) in [5, 5.41) is 6.82. The maximum atomic E-state index is 4.07. The zero-order valence-corrected chi connectivity index (χ0v) is 18.9. The van der Waals surface area contributed by atoms with E-state index in [0.29, 0.717) is 0 Å². The largest absolute Gasteiger partial charge is 0.388 e. The van der Waals surface area contributed by atoms with Gasteiger partial charge in [-0.25, -0.2) is 0 Å². The van der Waals surface area contributed by atoms with Crippen molar-refractivity contribution in [2.75, 3.05) is 61.8 Å². The number of piperazine rings is 1. The summed E-state index contributed by atoms with van der Waals surface area (Å²) in [7, 11) is 1.99. The first kappa shape index (κ1) is 21.3. The minimum atomic E-state index is 0.740. The number of nitrogens with one attached hydrogen (secondary N) is 2. The summed E-state index contributed by atoms with van der Waals surface area (Å²) < 4.78 is 0. The van der Waals surface area contributed by atoms with Gasteiger partial charge in [-0.15, -0.1) is 0 Å². The first-order valence-electron chi connectivity index (χ1n) is 11.8. The molecule has 3 aliphatic rings. The van der Waals surface area contributed by atoms with Crippen LogP contribution in [0.2, 0.25) is 0 Å². The van der Waals surface area contributed by atoms with Crippen LogP contribution in [0.15, 0.2) is 37.1 Å². The van der Waals surface area contributed by atoms with Gasteiger partial charge in [0.15, 0.2) is 0 Å². The van der Waals surface area contributed by atoms with Crippen molar-refractivity contribution in [3.8, 4) is 0 Å². The molecule has 2 aliphatic heterocycles. The third-order valence-corrected chi connectivity index (χ3v) is 7.15. The van der Waals surface area contributed by atoms with Gasteiger partial charge < -0.3 is 15.5 Å². The molecule has 30 heavy (non-hydrogen) atoms. The molecule has 1 aromatic rings. The Morgan fingerprint density at radius 1 is 0.967 bits per heavy atom. The van der Waals surface area contributed by atoms with Crippen LogP contribution in [0, 0.1) is 0 Å². The van der Waals surface area contributed by atoms with Gasteiger partial charge >= 0.3 is 0 Å². The maximum absolute atomic E-state index is 4.07. The fourth-order valence-electron chi connectivity index (χ4n) is 5.12. The molecule has 0 bridgehead atoms. The van der Waals surface area contributed by atoms with Crippen molar-refractivity contribution >= 4 is 17.1 Å². The van der Waals surface area contributed by atoms with Crippen molar-refractivity contribution in [1.82, 2.24) is 9.80 Å². The van der Waals surface area contributed by atoms with Gasteiger partial charge in [-0.05, 0) is 55.9 Å². The summed E-state index contributed by atoms with van der Waals surface area (Å²) in [5.41, 5.74) is 5.80. The molecular formula is C25H39N5. The monoisotopic (exact) mass is 409 g/mol. The van der Waals surface area contributed by atoms with Crippen LogP contribution in [0.3, 0.4) is 0 Å². The second-order valence-corrected chi connectivity index (χ2v) is 9.01. The van der Waals surface area contributed by atoms with Crippen LogP contribution in [0.4, 0.5) is 17.1 Å². The predicted octanol–water partition coefficient (Wildman–Crippen LogP) is 4.15. The number of rotatable bonds is 8. The Bertz CT molecular complexity index is 753. The lowest BCUT2D eigenvalue weighted by Crippen LogP contribution is -2.53. The molecule has 3 fully saturated rings. The standard InChI is InChI=1S/C25H39N5/c1-5-19(3)27-24-18-23(26-4)20(6-2)17-25(24)30-11-9-22(10-12-30)29-15-13-28(14-16-29)21-7-8-21/h5,17-18,21-22,26-27H,1,3,6-16H2,2,4H3. The third-order valence-electron chi connectivity index (χ3n) is 7.15. The number of hydrogen-bond donors (Lipinski definition) is 2. The summed E-state index contributed by atoms with van der Waals surface area (Å²) in [6.07, 6.45) is 8.16. The molecule has 0 atom stereocenters. The second-order valence-electron chi connectivity index (χ2n) is 9.01. The van der Waals surface area contributed by atoms with E-state index in [1.807, 2.05) is 7.05 Å². The summed E-state index contributed by atoms with van der Waals surface area (Å²) in [4.78, 5) is 8.04. The molecule has 1 aliphatic carbocycles. The number of benzene rings is 1. The fourth-order valence-corrected chi connectivity index (χ4v) is 5.12. The predicted molar refractivity (Wildman–Crippen MR) is 130 cm³/mol. The number of aryl methyl sites for hydroxylation is 1. The molecule has 5 heteroatoms. The van der Waals surface area contributed by atoms with Crippen LogP contribution >= 0.6 is 0 Å². The van der Waals surface area contributed by atoms with Crippen LogP contribution in [0.25, 0.3) is 0 Å². The SMILES string of the molecule is C=CC(=C)Nc1cc(NC)c(CC)cc1N1CCC(N2CCN(C3CC3)CC2)CC1. The summed E-state index contributed by atoms with van der Waals surface area (Å²) in [5.74, 6) is 0. The van der Waals surface area contributed by atoms with Crippen molar-refractivity contribution in [3.05, 3.63) is 42.6 Å². The van der Waals surface area contributed by atoms with Gasteiger partial charge in [0.05, 0.1) is 11.4 Å². The van der Waals surface area contributed by atoms with Crippen LogP contribution in [0.1, 0.15) is 38.2 Å². The minimum Gasteiger partial charge on any atom is -0.388 e. The van der Waals surface area contributed by atoms with E-state index >= 15 is 0 Å².